The summed E-state index contributed by atoms with van der Waals surface area (Å²) < 4.78 is 7.43. The number of phenolic OH excluding ortho intramolecular Hbond substituents is 1. The van der Waals surface area contributed by atoms with Gasteiger partial charge in [-0.2, -0.15) is 0 Å². The summed E-state index contributed by atoms with van der Waals surface area (Å²) >= 11 is 0. The van der Waals surface area contributed by atoms with Crippen molar-refractivity contribution in [2.75, 3.05) is 20.2 Å². The summed E-state index contributed by atoms with van der Waals surface area (Å²) in [6.07, 6.45) is 1.52. The van der Waals surface area contributed by atoms with E-state index in [4.69, 9.17) is 4.74 Å². The molecular weight excluding hydrogens is 454 g/mol. The van der Waals surface area contributed by atoms with Crippen LogP contribution in [-0.2, 0) is 19.5 Å². The summed E-state index contributed by atoms with van der Waals surface area (Å²) in [4.78, 5) is 15.5. The maximum absolute atomic E-state index is 13.2. The van der Waals surface area contributed by atoms with E-state index in [9.17, 15) is 9.90 Å². The molecule has 1 atom stereocenters. The second-order valence-electron chi connectivity index (χ2n) is 10.2. The van der Waals surface area contributed by atoms with Crippen molar-refractivity contribution in [3.05, 3.63) is 70.3 Å². The summed E-state index contributed by atoms with van der Waals surface area (Å²) in [6, 6.07) is 11.3. The van der Waals surface area contributed by atoms with Crippen LogP contribution in [0.2, 0.25) is 0 Å². The average Bonchev–Trinajstić information content (AvgIpc) is 3.13. The summed E-state index contributed by atoms with van der Waals surface area (Å²) in [5.41, 5.74) is 3.64. The Hall–Kier alpha value is -3.39. The zero-order chi connectivity index (χ0) is 25.8. The number of aromatic hydroxyl groups is 1. The Morgan fingerprint density at radius 2 is 1.86 bits per heavy atom. The van der Waals surface area contributed by atoms with E-state index < -0.39 is 0 Å². The van der Waals surface area contributed by atoms with Crippen LogP contribution in [0.15, 0.2) is 36.4 Å². The molecule has 0 radical (unpaired) electrons. The number of nitrogens with one attached hydrogen (secondary N) is 1. The fourth-order valence-corrected chi connectivity index (χ4v) is 4.95. The molecule has 0 saturated carbocycles. The van der Waals surface area contributed by atoms with Gasteiger partial charge in [0.1, 0.15) is 5.82 Å². The van der Waals surface area contributed by atoms with Crippen molar-refractivity contribution >= 4 is 5.91 Å². The van der Waals surface area contributed by atoms with Crippen molar-refractivity contribution in [3.8, 4) is 11.5 Å². The molecule has 4 rings (SSSR count). The maximum Gasteiger partial charge on any atom is 0.251 e. The Kier molecular flexibility index (Phi) is 7.94. The quantitative estimate of drug-likeness (QED) is 0.491. The molecule has 2 heterocycles. The van der Waals surface area contributed by atoms with Crippen LogP contribution in [0, 0.1) is 19.8 Å². The molecule has 1 aliphatic heterocycles. The van der Waals surface area contributed by atoms with Gasteiger partial charge in [0.2, 0.25) is 0 Å². The Balaban J connectivity index is 1.52. The number of rotatable bonds is 8. The van der Waals surface area contributed by atoms with E-state index in [0.29, 0.717) is 23.8 Å². The molecule has 0 spiro atoms. The van der Waals surface area contributed by atoms with Gasteiger partial charge in [0.05, 0.1) is 13.2 Å². The highest BCUT2D eigenvalue weighted by Crippen LogP contribution is 2.31. The van der Waals surface area contributed by atoms with Gasteiger partial charge in [0.25, 0.3) is 5.91 Å². The van der Waals surface area contributed by atoms with E-state index in [0.717, 1.165) is 60.8 Å². The summed E-state index contributed by atoms with van der Waals surface area (Å²) in [6.45, 7) is 11.2. The van der Waals surface area contributed by atoms with E-state index in [2.05, 4.69) is 44.9 Å². The summed E-state index contributed by atoms with van der Waals surface area (Å²) in [7, 11) is 1.56. The van der Waals surface area contributed by atoms with Crippen molar-refractivity contribution < 1.29 is 14.6 Å². The van der Waals surface area contributed by atoms with Crippen LogP contribution < -0.4 is 10.1 Å². The molecule has 36 heavy (non-hydrogen) atoms. The van der Waals surface area contributed by atoms with Crippen LogP contribution in [-0.4, -0.2) is 50.9 Å². The molecule has 0 aliphatic carbocycles. The number of para-hydroxylation sites is 1. The van der Waals surface area contributed by atoms with Gasteiger partial charge >= 0.3 is 0 Å². The highest BCUT2D eigenvalue weighted by Gasteiger charge is 2.27. The number of ether oxygens (including phenoxy) is 1. The lowest BCUT2D eigenvalue weighted by Gasteiger charge is -2.23. The minimum absolute atomic E-state index is 0.0893. The van der Waals surface area contributed by atoms with Crippen LogP contribution in [0.3, 0.4) is 0 Å². The predicted octanol–water partition coefficient (Wildman–Crippen LogP) is 4.18. The Morgan fingerprint density at radius 3 is 2.56 bits per heavy atom. The number of phenols is 1. The number of hydrogen-bond acceptors (Lipinski definition) is 6. The van der Waals surface area contributed by atoms with Gasteiger partial charge in [0.15, 0.2) is 17.3 Å². The number of hydrogen-bond donors (Lipinski definition) is 2. The molecule has 1 unspecified atom stereocenters. The van der Waals surface area contributed by atoms with Crippen LogP contribution in [0.1, 0.15) is 65.0 Å². The molecule has 0 bridgehead atoms. The highest BCUT2D eigenvalue weighted by atomic mass is 16.5. The number of aromatic nitrogens is 3. The zero-order valence-corrected chi connectivity index (χ0v) is 21.9. The Morgan fingerprint density at radius 1 is 1.11 bits per heavy atom. The Labute approximate surface area is 213 Å². The second-order valence-corrected chi connectivity index (χ2v) is 10.2. The maximum atomic E-state index is 13.2. The normalized spacial score (nSPS) is 14.8. The van der Waals surface area contributed by atoms with Crippen molar-refractivity contribution in [2.24, 2.45) is 5.92 Å². The van der Waals surface area contributed by atoms with Gasteiger partial charge in [-0.25, -0.2) is 0 Å². The van der Waals surface area contributed by atoms with Crippen LogP contribution in [0.4, 0.5) is 0 Å². The third kappa shape index (κ3) is 5.87. The first-order valence-electron chi connectivity index (χ1n) is 12.6. The second kappa shape index (κ2) is 11.1. The van der Waals surface area contributed by atoms with Gasteiger partial charge in [0, 0.05) is 43.7 Å². The molecule has 3 aromatic rings. The van der Waals surface area contributed by atoms with E-state index in [1.165, 1.54) is 0 Å². The summed E-state index contributed by atoms with van der Waals surface area (Å²) in [5, 5.41) is 22.8. The van der Waals surface area contributed by atoms with Gasteiger partial charge in [-0.15, -0.1) is 10.2 Å². The smallest absolute Gasteiger partial charge is 0.251 e. The van der Waals surface area contributed by atoms with E-state index in [1.54, 1.807) is 13.2 Å². The fraction of sp³-hybridized carbons (Fsp3) is 0.464. The molecule has 192 valence electrons. The van der Waals surface area contributed by atoms with Gasteiger partial charge < -0.3 is 19.7 Å². The third-order valence-electron chi connectivity index (χ3n) is 6.65. The topological polar surface area (TPSA) is 92.5 Å². The van der Waals surface area contributed by atoms with Crippen molar-refractivity contribution in [1.29, 1.82) is 0 Å². The molecule has 0 saturated heterocycles. The SMILES string of the molecule is COc1cccc(CN2CCc3nnc(C(CC(C)C)NC(=O)c4cc(C)cc(C)c4)n3CC2)c1O. The number of methoxy groups -OCH3 is 1. The fourth-order valence-electron chi connectivity index (χ4n) is 4.95. The van der Waals surface area contributed by atoms with Gasteiger partial charge in [-0.1, -0.05) is 43.2 Å². The minimum atomic E-state index is -0.228. The minimum Gasteiger partial charge on any atom is -0.504 e. The van der Waals surface area contributed by atoms with Crippen molar-refractivity contribution in [3.63, 3.8) is 0 Å². The lowest BCUT2D eigenvalue weighted by molar-refractivity contribution is 0.0928. The molecule has 2 aromatic carbocycles. The molecule has 0 fully saturated rings. The van der Waals surface area contributed by atoms with E-state index in [-0.39, 0.29) is 17.7 Å². The number of amides is 1. The third-order valence-corrected chi connectivity index (χ3v) is 6.65. The molecule has 8 nitrogen and oxygen atoms in total. The largest absolute Gasteiger partial charge is 0.504 e. The van der Waals surface area contributed by atoms with E-state index >= 15 is 0 Å². The van der Waals surface area contributed by atoms with Gasteiger partial charge in [-0.05, 0) is 44.4 Å². The van der Waals surface area contributed by atoms with E-state index in [1.807, 2.05) is 38.1 Å². The first-order chi connectivity index (χ1) is 17.2. The molecule has 2 N–H and O–H groups in total. The lowest BCUT2D eigenvalue weighted by atomic mass is 10.0. The first-order valence-corrected chi connectivity index (χ1v) is 12.6. The monoisotopic (exact) mass is 491 g/mol. The number of fused-ring (bicyclic) bond motifs is 1. The van der Waals surface area contributed by atoms with Crippen LogP contribution >= 0.6 is 0 Å². The molecule has 1 aromatic heterocycles. The van der Waals surface area contributed by atoms with Crippen LogP contribution in [0.25, 0.3) is 0 Å². The standard InChI is InChI=1S/C28H37N5O3/c1-18(2)13-23(29-28(35)22-15-19(3)14-20(4)16-22)27-31-30-25-9-10-32(11-12-33(25)27)17-21-7-6-8-24(36-5)26(21)34/h6-8,14-16,18,23,34H,9-13,17H2,1-5H3,(H,29,35). The molecule has 1 aliphatic rings. The number of nitrogens with zero attached hydrogens (tertiary/aromatic N) is 4. The average molecular weight is 492 g/mol. The first kappa shape index (κ1) is 25.7. The highest BCUT2D eigenvalue weighted by molar-refractivity contribution is 5.94. The summed E-state index contributed by atoms with van der Waals surface area (Å²) in [5.74, 6) is 2.70. The number of carbonyl (C=O) groups excluding carboxylic acids is 1. The van der Waals surface area contributed by atoms with Crippen molar-refractivity contribution in [1.82, 2.24) is 25.0 Å². The number of carbonyl (C=O) groups is 1. The molecule has 8 heteroatoms. The van der Waals surface area contributed by atoms with Gasteiger partial charge in [-0.3, -0.25) is 9.69 Å². The molecular formula is C28H37N5O3. The van der Waals surface area contributed by atoms with Crippen LogP contribution in [0.5, 0.6) is 11.5 Å². The van der Waals surface area contributed by atoms with Crippen molar-refractivity contribution in [2.45, 2.75) is 59.7 Å². The predicted molar refractivity (Wildman–Crippen MR) is 139 cm³/mol. The molecule has 1 amide bonds. The number of benzene rings is 2. The zero-order valence-electron chi connectivity index (χ0n) is 21.9. The Bertz CT molecular complexity index is 1200. The number of aryl methyl sites for hydroxylation is 2. The lowest BCUT2D eigenvalue weighted by Crippen LogP contribution is -2.32.